The van der Waals surface area contributed by atoms with Crippen LogP contribution in [0.5, 0.6) is 0 Å². The van der Waals surface area contributed by atoms with Gasteiger partial charge in [0.2, 0.25) is 10.0 Å². The number of carboxylic acids is 1. The van der Waals surface area contributed by atoms with Crippen LogP contribution >= 0.6 is 11.8 Å². The van der Waals surface area contributed by atoms with Crippen LogP contribution in [0, 0.1) is 0 Å². The first-order valence-corrected chi connectivity index (χ1v) is 14.3. The van der Waals surface area contributed by atoms with Crippen LogP contribution < -0.4 is 5.32 Å². The second-order valence-electron chi connectivity index (χ2n) is 8.99. The van der Waals surface area contributed by atoms with E-state index in [1.165, 1.54) is 11.8 Å². The van der Waals surface area contributed by atoms with Crippen molar-refractivity contribution in [1.29, 1.82) is 0 Å². The average Bonchev–Trinajstić information content (AvgIpc) is 3.43. The van der Waals surface area contributed by atoms with Crippen LogP contribution in [0.15, 0.2) is 88.7 Å². The summed E-state index contributed by atoms with van der Waals surface area (Å²) in [6.45, 7) is 1.79. The van der Waals surface area contributed by atoms with Crippen molar-refractivity contribution in [3.8, 4) is 11.1 Å². The molecule has 0 spiro atoms. The molecule has 0 saturated heterocycles. The number of benzene rings is 3. The van der Waals surface area contributed by atoms with E-state index >= 15 is 0 Å². The summed E-state index contributed by atoms with van der Waals surface area (Å²) in [6, 6.07) is 23.8. The lowest BCUT2D eigenvalue weighted by Gasteiger charge is -2.24. The topological polar surface area (TPSA) is 104 Å². The molecule has 5 rings (SSSR count). The maximum atomic E-state index is 13.0. The molecule has 2 aliphatic rings. The Morgan fingerprint density at radius 3 is 2.24 bits per heavy atom. The fourth-order valence-corrected chi connectivity index (χ4v) is 8.55. The van der Waals surface area contributed by atoms with Crippen molar-refractivity contribution in [3.05, 3.63) is 99.8 Å². The smallest absolute Gasteiger partial charge is 0.322 e. The Morgan fingerprint density at radius 2 is 1.65 bits per heavy atom. The van der Waals surface area contributed by atoms with Gasteiger partial charge in [-0.3, -0.25) is 9.59 Å². The average molecular weight is 535 g/mol. The number of allylic oxidation sites excluding steroid dienone is 1. The van der Waals surface area contributed by atoms with Crippen molar-refractivity contribution >= 4 is 39.3 Å². The van der Waals surface area contributed by atoms with E-state index in [9.17, 15) is 23.1 Å². The van der Waals surface area contributed by atoms with Gasteiger partial charge in [0.05, 0.1) is 4.91 Å². The molecule has 9 heteroatoms. The number of thioether (sulfide) groups is 1. The summed E-state index contributed by atoms with van der Waals surface area (Å²) >= 11 is 1.47. The van der Waals surface area contributed by atoms with Gasteiger partial charge in [0, 0.05) is 34.4 Å². The minimum Gasteiger partial charge on any atom is -0.480 e. The van der Waals surface area contributed by atoms with E-state index in [1.54, 1.807) is 19.1 Å². The predicted molar refractivity (Wildman–Crippen MR) is 146 cm³/mol. The lowest BCUT2D eigenvalue weighted by molar-refractivity contribution is -0.141. The quantitative estimate of drug-likeness (QED) is 0.415. The fraction of sp³-hybridized carbons (Fsp3) is 0.214. The molecule has 0 aromatic heterocycles. The highest BCUT2D eigenvalue weighted by Gasteiger charge is 2.47. The third-order valence-electron chi connectivity index (χ3n) is 6.70. The molecule has 0 saturated carbocycles. The molecular weight excluding hydrogens is 508 g/mol. The Bertz CT molecular complexity index is 1470. The van der Waals surface area contributed by atoms with Crippen molar-refractivity contribution < 1.29 is 23.1 Å². The normalized spacial score (nSPS) is 19.4. The number of hydrogen-bond donors (Lipinski definition) is 2. The van der Waals surface area contributed by atoms with Gasteiger partial charge < -0.3 is 10.4 Å². The molecule has 0 fully saturated rings. The minimum atomic E-state index is -3.78. The SMILES string of the molecule is CCC(C(=O)O)N1CC2=C(CC(c3ccc(NC(=O)c4ccc(-c5ccccc5)cc4)cc3)S2)S1(=O)=O. The number of hydrogen-bond acceptors (Lipinski definition) is 5. The molecule has 7 nitrogen and oxygen atoms in total. The fourth-order valence-electron chi connectivity index (χ4n) is 4.70. The van der Waals surface area contributed by atoms with Gasteiger partial charge in [-0.2, -0.15) is 4.31 Å². The number of rotatable bonds is 7. The summed E-state index contributed by atoms with van der Waals surface area (Å²) in [5.41, 5.74) is 4.28. The van der Waals surface area contributed by atoms with E-state index in [2.05, 4.69) is 5.32 Å². The number of nitrogens with one attached hydrogen (secondary N) is 1. The molecule has 190 valence electrons. The van der Waals surface area contributed by atoms with Gasteiger partial charge in [-0.1, -0.05) is 61.5 Å². The zero-order valence-corrected chi connectivity index (χ0v) is 21.8. The van der Waals surface area contributed by atoms with Crippen molar-refractivity contribution in [2.75, 3.05) is 11.9 Å². The standard InChI is InChI=1S/C28H26N2O5S2/c1-2-23(28(32)33)30-17-25-26(37(30,34)35)16-24(36-25)20-12-14-22(15-13-20)29-27(31)21-10-8-19(9-11-21)18-6-4-3-5-7-18/h3-15,23-24H,2,16-17H2,1H3,(H,29,31)(H,32,33). The molecule has 1 amide bonds. The summed E-state index contributed by atoms with van der Waals surface area (Å²) in [7, 11) is -3.78. The van der Waals surface area contributed by atoms with Gasteiger partial charge in [0.1, 0.15) is 6.04 Å². The van der Waals surface area contributed by atoms with E-state index in [0.29, 0.717) is 22.6 Å². The number of amides is 1. The van der Waals surface area contributed by atoms with Crippen LogP contribution in [-0.2, 0) is 14.8 Å². The van der Waals surface area contributed by atoms with Crippen LogP contribution in [0.25, 0.3) is 11.1 Å². The van der Waals surface area contributed by atoms with Gasteiger partial charge in [0.15, 0.2) is 0 Å². The number of anilines is 1. The Hall–Kier alpha value is -3.40. The second kappa shape index (κ2) is 10.2. The molecule has 3 aromatic rings. The summed E-state index contributed by atoms with van der Waals surface area (Å²) in [4.78, 5) is 25.3. The highest BCUT2D eigenvalue weighted by molar-refractivity contribution is 8.05. The maximum Gasteiger partial charge on any atom is 0.322 e. The molecule has 0 aliphatic carbocycles. The first kappa shape index (κ1) is 25.3. The molecule has 2 aliphatic heterocycles. The largest absolute Gasteiger partial charge is 0.480 e. The van der Waals surface area contributed by atoms with Gasteiger partial charge in [-0.25, -0.2) is 8.42 Å². The van der Waals surface area contributed by atoms with Crippen LogP contribution in [0.2, 0.25) is 0 Å². The molecule has 2 heterocycles. The zero-order chi connectivity index (χ0) is 26.2. The second-order valence-corrected chi connectivity index (χ2v) is 12.2. The molecule has 2 unspecified atom stereocenters. The highest BCUT2D eigenvalue weighted by Crippen LogP contribution is 2.53. The first-order chi connectivity index (χ1) is 17.8. The first-order valence-electron chi connectivity index (χ1n) is 12.0. The summed E-state index contributed by atoms with van der Waals surface area (Å²) in [6.07, 6.45) is 0.544. The van der Waals surface area contributed by atoms with Gasteiger partial charge in [-0.15, -0.1) is 11.8 Å². The van der Waals surface area contributed by atoms with Crippen molar-refractivity contribution in [1.82, 2.24) is 4.31 Å². The highest BCUT2D eigenvalue weighted by atomic mass is 32.2. The lowest BCUT2D eigenvalue weighted by atomic mass is 10.0. The number of nitrogens with zero attached hydrogens (tertiary/aromatic N) is 1. The molecule has 0 bridgehead atoms. The van der Waals surface area contributed by atoms with E-state index in [0.717, 1.165) is 25.9 Å². The number of sulfonamides is 1. The van der Waals surface area contributed by atoms with Gasteiger partial charge in [-0.05, 0) is 47.4 Å². The number of carbonyl (C=O) groups excluding carboxylic acids is 1. The molecule has 3 aromatic carbocycles. The number of carbonyl (C=O) groups is 2. The zero-order valence-electron chi connectivity index (χ0n) is 20.1. The molecular formula is C28H26N2O5S2. The predicted octanol–water partition coefficient (Wildman–Crippen LogP) is 5.50. The summed E-state index contributed by atoms with van der Waals surface area (Å²) in [5, 5.41) is 12.3. The lowest BCUT2D eigenvalue weighted by Crippen LogP contribution is -2.42. The Kier molecular flexibility index (Phi) is 6.94. The molecule has 0 radical (unpaired) electrons. The third kappa shape index (κ3) is 4.94. The van der Waals surface area contributed by atoms with E-state index in [1.807, 2.05) is 66.7 Å². The van der Waals surface area contributed by atoms with Crippen molar-refractivity contribution in [3.63, 3.8) is 0 Å². The van der Waals surface area contributed by atoms with E-state index < -0.39 is 22.0 Å². The molecule has 2 N–H and O–H groups in total. The summed E-state index contributed by atoms with van der Waals surface area (Å²) in [5.74, 6) is -1.34. The molecule has 2 atom stereocenters. The van der Waals surface area contributed by atoms with Crippen LogP contribution in [0.3, 0.4) is 0 Å². The Labute approximate surface area is 220 Å². The van der Waals surface area contributed by atoms with E-state index in [-0.39, 0.29) is 24.1 Å². The van der Waals surface area contributed by atoms with E-state index in [4.69, 9.17) is 0 Å². The van der Waals surface area contributed by atoms with Crippen molar-refractivity contribution in [2.24, 2.45) is 0 Å². The molecule has 37 heavy (non-hydrogen) atoms. The van der Waals surface area contributed by atoms with Crippen molar-refractivity contribution in [2.45, 2.75) is 31.1 Å². The van der Waals surface area contributed by atoms with Gasteiger partial charge >= 0.3 is 5.97 Å². The monoisotopic (exact) mass is 534 g/mol. The summed E-state index contributed by atoms with van der Waals surface area (Å²) < 4.78 is 27.1. The van der Waals surface area contributed by atoms with Crippen LogP contribution in [0.1, 0.15) is 40.9 Å². The number of aliphatic carboxylic acids is 1. The Morgan fingerprint density at radius 1 is 1.00 bits per heavy atom. The number of carboxylic acid groups (broad SMARTS) is 1. The third-order valence-corrected chi connectivity index (χ3v) is 10.2. The minimum absolute atomic E-state index is 0.0675. The van der Waals surface area contributed by atoms with Gasteiger partial charge in [0.25, 0.3) is 5.91 Å². The van der Waals surface area contributed by atoms with Crippen LogP contribution in [0.4, 0.5) is 5.69 Å². The van der Waals surface area contributed by atoms with Crippen LogP contribution in [-0.4, -0.2) is 42.3 Å². The Balaban J connectivity index is 1.22. The maximum absolute atomic E-state index is 13.0.